The number of piperidine rings is 1. The van der Waals surface area contributed by atoms with Crippen LogP contribution in [0.1, 0.15) is 30.3 Å². The number of anilines is 1. The van der Waals surface area contributed by atoms with Gasteiger partial charge < -0.3 is 4.90 Å². The zero-order valence-electron chi connectivity index (χ0n) is 9.02. The molecule has 2 heterocycles. The molecule has 0 spiro atoms. The van der Waals surface area contributed by atoms with Crippen LogP contribution in [0.5, 0.6) is 0 Å². The summed E-state index contributed by atoms with van der Waals surface area (Å²) < 4.78 is 0. The molecule has 0 radical (unpaired) electrons. The van der Waals surface area contributed by atoms with Crippen molar-refractivity contribution in [3.8, 4) is 0 Å². The van der Waals surface area contributed by atoms with Gasteiger partial charge in [0.2, 0.25) is 0 Å². The number of aromatic nitrogens is 1. The third-order valence-electron chi connectivity index (χ3n) is 3.03. The van der Waals surface area contributed by atoms with E-state index in [0.29, 0.717) is 5.69 Å². The lowest BCUT2D eigenvalue weighted by Gasteiger charge is -2.32. The lowest BCUT2D eigenvalue weighted by atomic mass is 9.99. The van der Waals surface area contributed by atoms with Crippen molar-refractivity contribution >= 4 is 12.0 Å². The topological polar surface area (TPSA) is 33.2 Å². The molecule has 1 fully saturated rings. The molecule has 2 rings (SSSR count). The van der Waals surface area contributed by atoms with Gasteiger partial charge in [-0.1, -0.05) is 6.92 Å². The molecule has 0 atom stereocenters. The lowest BCUT2D eigenvalue weighted by molar-refractivity contribution is 0.111. The van der Waals surface area contributed by atoms with Crippen molar-refractivity contribution in [1.29, 1.82) is 0 Å². The summed E-state index contributed by atoms with van der Waals surface area (Å²) in [6.07, 6.45) is 4.98. The summed E-state index contributed by atoms with van der Waals surface area (Å²) >= 11 is 0. The molecular weight excluding hydrogens is 188 g/mol. The summed E-state index contributed by atoms with van der Waals surface area (Å²) in [5.74, 6) is 0.827. The largest absolute Gasteiger partial charge is 0.371 e. The van der Waals surface area contributed by atoms with Crippen molar-refractivity contribution in [3.05, 3.63) is 24.0 Å². The molecule has 0 aliphatic carbocycles. The van der Waals surface area contributed by atoms with Crippen LogP contribution in [-0.4, -0.2) is 24.4 Å². The molecule has 80 valence electrons. The lowest BCUT2D eigenvalue weighted by Crippen LogP contribution is -2.32. The molecule has 1 aromatic rings. The molecule has 0 amide bonds. The first-order chi connectivity index (χ1) is 7.29. The van der Waals surface area contributed by atoms with Gasteiger partial charge in [0.1, 0.15) is 5.69 Å². The summed E-state index contributed by atoms with van der Waals surface area (Å²) in [6.45, 7) is 4.47. The predicted molar refractivity (Wildman–Crippen MR) is 60.2 cm³/mol. The van der Waals surface area contributed by atoms with Crippen molar-refractivity contribution in [2.24, 2.45) is 5.92 Å². The number of carbonyl (C=O) groups excluding carboxylic acids is 1. The third kappa shape index (κ3) is 2.35. The second-order valence-electron chi connectivity index (χ2n) is 4.23. The Morgan fingerprint density at radius 2 is 2.20 bits per heavy atom. The van der Waals surface area contributed by atoms with Crippen molar-refractivity contribution in [3.63, 3.8) is 0 Å². The summed E-state index contributed by atoms with van der Waals surface area (Å²) in [6, 6.07) is 3.84. The van der Waals surface area contributed by atoms with E-state index in [1.165, 1.54) is 12.8 Å². The first kappa shape index (κ1) is 10.1. The smallest absolute Gasteiger partial charge is 0.168 e. The van der Waals surface area contributed by atoms with E-state index in [9.17, 15) is 4.79 Å². The molecule has 1 aliphatic heterocycles. The summed E-state index contributed by atoms with van der Waals surface area (Å²) in [5, 5.41) is 0. The van der Waals surface area contributed by atoms with Crippen LogP contribution >= 0.6 is 0 Å². The highest BCUT2D eigenvalue weighted by Gasteiger charge is 2.16. The minimum Gasteiger partial charge on any atom is -0.371 e. The van der Waals surface area contributed by atoms with E-state index in [1.807, 2.05) is 12.1 Å². The Morgan fingerprint density at radius 3 is 2.87 bits per heavy atom. The van der Waals surface area contributed by atoms with Gasteiger partial charge in [0.25, 0.3) is 0 Å². The highest BCUT2D eigenvalue weighted by Crippen LogP contribution is 2.22. The number of pyridine rings is 1. The molecular formula is C12H16N2O. The number of aldehydes is 1. The molecule has 0 N–H and O–H groups in total. The van der Waals surface area contributed by atoms with Crippen LogP contribution in [0.4, 0.5) is 5.69 Å². The minimum absolute atomic E-state index is 0.520. The number of hydrogen-bond donors (Lipinski definition) is 0. The van der Waals surface area contributed by atoms with Crippen LogP contribution in [0.15, 0.2) is 18.3 Å². The molecule has 1 saturated heterocycles. The van der Waals surface area contributed by atoms with Gasteiger partial charge in [0.05, 0.1) is 0 Å². The first-order valence-corrected chi connectivity index (χ1v) is 5.46. The van der Waals surface area contributed by atoms with Gasteiger partial charge in [-0.05, 0) is 30.9 Å². The van der Waals surface area contributed by atoms with Gasteiger partial charge in [0.15, 0.2) is 6.29 Å². The van der Waals surface area contributed by atoms with Crippen LogP contribution < -0.4 is 4.90 Å². The average Bonchev–Trinajstić information content (AvgIpc) is 2.30. The maximum atomic E-state index is 10.6. The van der Waals surface area contributed by atoms with E-state index in [1.54, 1.807) is 6.20 Å². The van der Waals surface area contributed by atoms with Gasteiger partial charge in [-0.3, -0.25) is 9.78 Å². The molecule has 0 saturated carbocycles. The average molecular weight is 204 g/mol. The van der Waals surface area contributed by atoms with Gasteiger partial charge >= 0.3 is 0 Å². The predicted octanol–water partition coefficient (Wildman–Crippen LogP) is 2.13. The molecule has 15 heavy (non-hydrogen) atoms. The van der Waals surface area contributed by atoms with Crippen molar-refractivity contribution in [2.75, 3.05) is 18.0 Å². The second kappa shape index (κ2) is 4.43. The Hall–Kier alpha value is -1.38. The van der Waals surface area contributed by atoms with Crippen molar-refractivity contribution in [1.82, 2.24) is 4.98 Å². The maximum Gasteiger partial charge on any atom is 0.168 e. The van der Waals surface area contributed by atoms with Gasteiger partial charge in [-0.25, -0.2) is 0 Å². The van der Waals surface area contributed by atoms with Gasteiger partial charge in [-0.15, -0.1) is 0 Å². The number of nitrogens with zero attached hydrogens (tertiary/aromatic N) is 2. The monoisotopic (exact) mass is 204 g/mol. The maximum absolute atomic E-state index is 10.6. The molecule has 1 aliphatic rings. The number of carbonyl (C=O) groups is 1. The van der Waals surface area contributed by atoms with E-state index in [0.717, 1.165) is 31.0 Å². The second-order valence-corrected chi connectivity index (χ2v) is 4.23. The van der Waals surface area contributed by atoms with Crippen LogP contribution in [0.25, 0.3) is 0 Å². The normalized spacial score (nSPS) is 17.8. The first-order valence-electron chi connectivity index (χ1n) is 5.46. The highest BCUT2D eigenvalue weighted by atomic mass is 16.1. The van der Waals surface area contributed by atoms with E-state index in [4.69, 9.17) is 0 Å². The fourth-order valence-corrected chi connectivity index (χ4v) is 1.96. The quantitative estimate of drug-likeness (QED) is 0.692. The molecule has 0 aromatic carbocycles. The van der Waals surface area contributed by atoms with E-state index in [2.05, 4.69) is 16.8 Å². The minimum atomic E-state index is 0.520. The van der Waals surface area contributed by atoms with Crippen LogP contribution in [0.2, 0.25) is 0 Å². The molecule has 3 heteroatoms. The standard InChI is InChI=1S/C12H16N2O/c1-10-3-6-14(7-4-10)12-2-5-13-11(8-12)9-15/h2,5,8-10H,3-4,6-7H2,1H3. The van der Waals surface area contributed by atoms with E-state index in [-0.39, 0.29) is 0 Å². The Labute approximate surface area is 90.1 Å². The summed E-state index contributed by atoms with van der Waals surface area (Å²) in [5.41, 5.74) is 1.64. The number of rotatable bonds is 2. The zero-order valence-corrected chi connectivity index (χ0v) is 9.02. The van der Waals surface area contributed by atoms with Crippen molar-refractivity contribution < 1.29 is 4.79 Å². The Morgan fingerprint density at radius 1 is 1.47 bits per heavy atom. The summed E-state index contributed by atoms with van der Waals surface area (Å²) in [4.78, 5) is 16.9. The molecule has 0 unspecified atom stereocenters. The highest BCUT2D eigenvalue weighted by molar-refractivity contribution is 5.74. The Kier molecular flexibility index (Phi) is 2.99. The number of hydrogen-bond acceptors (Lipinski definition) is 3. The van der Waals surface area contributed by atoms with E-state index >= 15 is 0 Å². The molecule has 0 bridgehead atoms. The third-order valence-corrected chi connectivity index (χ3v) is 3.03. The van der Waals surface area contributed by atoms with E-state index < -0.39 is 0 Å². The fourth-order valence-electron chi connectivity index (χ4n) is 1.96. The Bertz CT molecular complexity index is 343. The van der Waals surface area contributed by atoms with Crippen LogP contribution in [0.3, 0.4) is 0 Å². The van der Waals surface area contributed by atoms with Crippen LogP contribution in [-0.2, 0) is 0 Å². The summed E-state index contributed by atoms with van der Waals surface area (Å²) in [7, 11) is 0. The van der Waals surface area contributed by atoms with Gasteiger partial charge in [-0.2, -0.15) is 0 Å². The van der Waals surface area contributed by atoms with Crippen molar-refractivity contribution in [2.45, 2.75) is 19.8 Å². The SMILES string of the molecule is CC1CCN(c2ccnc(C=O)c2)CC1. The molecule has 3 nitrogen and oxygen atoms in total. The van der Waals surface area contributed by atoms with Gasteiger partial charge in [0, 0.05) is 25.0 Å². The Balaban J connectivity index is 2.11. The molecule has 1 aromatic heterocycles. The fraction of sp³-hybridized carbons (Fsp3) is 0.500. The zero-order chi connectivity index (χ0) is 10.7. The van der Waals surface area contributed by atoms with Crippen LogP contribution in [0, 0.1) is 5.92 Å².